The van der Waals surface area contributed by atoms with Gasteiger partial charge < -0.3 is 0 Å². The predicted molar refractivity (Wildman–Crippen MR) is 86.0 cm³/mol. The van der Waals surface area contributed by atoms with Gasteiger partial charge in [-0.25, -0.2) is 0 Å². The van der Waals surface area contributed by atoms with Gasteiger partial charge in [-0.3, -0.25) is 4.79 Å². The number of aryl methyl sites for hydroxylation is 1. The van der Waals surface area contributed by atoms with Crippen LogP contribution in [0.1, 0.15) is 21.5 Å². The van der Waals surface area contributed by atoms with Crippen LogP contribution in [-0.4, -0.2) is 5.78 Å². The van der Waals surface area contributed by atoms with Crippen molar-refractivity contribution in [2.24, 2.45) is 0 Å². The topological polar surface area (TPSA) is 17.1 Å². The first kappa shape index (κ1) is 15.1. The fourth-order valence-electron chi connectivity index (χ4n) is 1.75. The Morgan fingerprint density at radius 3 is 2.50 bits per heavy atom. The minimum absolute atomic E-state index is 0.179. The molecular weight excluding hydrogens is 315 g/mol. The van der Waals surface area contributed by atoms with Crippen molar-refractivity contribution >= 4 is 46.7 Å². The van der Waals surface area contributed by atoms with Crippen LogP contribution < -0.4 is 0 Å². The highest BCUT2D eigenvalue weighted by atomic mass is 35.5. The highest BCUT2D eigenvalue weighted by Crippen LogP contribution is 2.33. The molecule has 1 nitrogen and oxygen atoms in total. The van der Waals surface area contributed by atoms with Crippen LogP contribution in [0.25, 0.3) is 6.08 Å². The maximum absolute atomic E-state index is 12.1. The third-order valence-electron chi connectivity index (χ3n) is 2.77. The van der Waals surface area contributed by atoms with Gasteiger partial charge in [-0.05, 0) is 30.7 Å². The summed E-state index contributed by atoms with van der Waals surface area (Å²) >= 11 is 17.8. The molecule has 20 heavy (non-hydrogen) atoms. The molecule has 0 aliphatic carbocycles. The second kappa shape index (κ2) is 6.45. The van der Waals surface area contributed by atoms with Gasteiger partial charge in [0.1, 0.15) is 0 Å². The normalized spacial score (nSPS) is 11.0. The number of hydrogen-bond donors (Lipinski definition) is 0. The van der Waals surface area contributed by atoms with Crippen LogP contribution in [0.2, 0.25) is 15.1 Å². The Bertz CT molecular complexity index is 690. The van der Waals surface area contributed by atoms with Crippen molar-refractivity contribution in [2.75, 3.05) is 0 Å². The number of benzene rings is 2. The highest BCUT2D eigenvalue weighted by molar-refractivity contribution is 6.49. The van der Waals surface area contributed by atoms with Crippen molar-refractivity contribution < 1.29 is 4.79 Å². The van der Waals surface area contributed by atoms with E-state index < -0.39 is 0 Å². The lowest BCUT2D eigenvalue weighted by molar-refractivity contribution is 0.104. The Hall–Kier alpha value is -1.28. The first-order chi connectivity index (χ1) is 9.49. The largest absolute Gasteiger partial charge is 0.289 e. The van der Waals surface area contributed by atoms with Crippen molar-refractivity contribution in [2.45, 2.75) is 6.92 Å². The second-order valence-electron chi connectivity index (χ2n) is 4.33. The van der Waals surface area contributed by atoms with E-state index in [9.17, 15) is 4.79 Å². The van der Waals surface area contributed by atoms with E-state index >= 15 is 0 Å². The molecule has 0 saturated heterocycles. The summed E-state index contributed by atoms with van der Waals surface area (Å²) < 4.78 is 0. The van der Waals surface area contributed by atoms with Gasteiger partial charge in [0.05, 0.1) is 15.1 Å². The lowest BCUT2D eigenvalue weighted by Crippen LogP contribution is -1.96. The molecular formula is C16H11Cl3O. The molecule has 0 aromatic heterocycles. The molecule has 0 aliphatic heterocycles. The predicted octanol–water partition coefficient (Wildman–Crippen LogP) is 5.85. The minimum atomic E-state index is -0.213. The fourth-order valence-corrected chi connectivity index (χ4v) is 2.38. The lowest BCUT2D eigenvalue weighted by atomic mass is 10.1. The molecule has 0 bridgehead atoms. The summed E-state index contributed by atoms with van der Waals surface area (Å²) in [5.41, 5.74) is 2.42. The van der Waals surface area contributed by atoms with Crippen molar-refractivity contribution in [3.8, 4) is 0 Å². The molecule has 0 radical (unpaired) electrons. The maximum atomic E-state index is 12.1. The maximum Gasteiger partial charge on any atom is 0.187 e. The molecule has 102 valence electrons. The van der Waals surface area contributed by atoms with Gasteiger partial charge in [0, 0.05) is 5.56 Å². The molecule has 2 rings (SSSR count). The van der Waals surface area contributed by atoms with Crippen LogP contribution >= 0.6 is 34.8 Å². The van der Waals surface area contributed by atoms with Gasteiger partial charge in [0.25, 0.3) is 0 Å². The van der Waals surface area contributed by atoms with Crippen molar-refractivity contribution in [1.29, 1.82) is 0 Å². The van der Waals surface area contributed by atoms with Crippen LogP contribution in [0.3, 0.4) is 0 Å². The number of carbonyl (C=O) groups is 1. The minimum Gasteiger partial charge on any atom is -0.289 e. The number of allylic oxidation sites excluding steroid dienone is 1. The van der Waals surface area contributed by atoms with Gasteiger partial charge in [0.2, 0.25) is 0 Å². The van der Waals surface area contributed by atoms with Crippen LogP contribution in [0, 0.1) is 6.92 Å². The third kappa shape index (κ3) is 3.43. The molecule has 0 unspecified atom stereocenters. The number of carbonyl (C=O) groups excluding carboxylic acids is 1. The molecule has 0 spiro atoms. The van der Waals surface area contributed by atoms with E-state index in [4.69, 9.17) is 34.8 Å². The second-order valence-corrected chi connectivity index (χ2v) is 5.50. The van der Waals surface area contributed by atoms with Crippen LogP contribution in [-0.2, 0) is 0 Å². The van der Waals surface area contributed by atoms with E-state index in [0.29, 0.717) is 10.6 Å². The fraction of sp³-hybridized carbons (Fsp3) is 0.0625. The molecule has 0 aliphatic rings. The molecule has 0 fully saturated rings. The Morgan fingerprint density at radius 2 is 1.80 bits per heavy atom. The first-order valence-electron chi connectivity index (χ1n) is 5.91. The summed E-state index contributed by atoms with van der Waals surface area (Å²) in [5, 5.41) is 0.706. The summed E-state index contributed by atoms with van der Waals surface area (Å²) in [6, 6.07) is 11.0. The van der Waals surface area contributed by atoms with Crippen LogP contribution in [0.15, 0.2) is 42.5 Å². The number of hydrogen-bond acceptors (Lipinski definition) is 1. The summed E-state index contributed by atoms with van der Waals surface area (Å²) in [6.07, 6.45) is 3.22. The summed E-state index contributed by atoms with van der Waals surface area (Å²) in [7, 11) is 0. The molecule has 0 heterocycles. The summed E-state index contributed by atoms with van der Waals surface area (Å²) in [6.45, 7) is 2.00. The van der Waals surface area contributed by atoms with Gasteiger partial charge in [-0.1, -0.05) is 70.7 Å². The van der Waals surface area contributed by atoms with Crippen LogP contribution in [0.5, 0.6) is 0 Å². The van der Waals surface area contributed by atoms with Crippen molar-refractivity contribution in [3.05, 3.63) is 74.2 Å². The van der Waals surface area contributed by atoms with E-state index in [1.807, 2.05) is 31.2 Å². The quantitative estimate of drug-likeness (QED) is 0.393. The Morgan fingerprint density at radius 1 is 1.05 bits per heavy atom. The average Bonchev–Trinajstić information content (AvgIpc) is 2.42. The standard InChI is InChI=1S/C16H11Cl3O/c1-10-3-2-4-11(9-10)5-8-14(20)12-6-7-13(17)16(19)15(12)18/h2-9H,1H3. The highest BCUT2D eigenvalue weighted by Gasteiger charge is 2.12. The number of rotatable bonds is 3. The molecule has 4 heteroatoms. The third-order valence-corrected chi connectivity index (χ3v) is 4.06. The van der Waals surface area contributed by atoms with E-state index in [1.165, 1.54) is 6.08 Å². The van der Waals surface area contributed by atoms with E-state index in [-0.39, 0.29) is 15.8 Å². The van der Waals surface area contributed by atoms with Crippen molar-refractivity contribution in [3.63, 3.8) is 0 Å². The molecule has 0 N–H and O–H groups in total. The number of halogens is 3. The van der Waals surface area contributed by atoms with Gasteiger partial charge in [-0.15, -0.1) is 0 Å². The average molecular weight is 326 g/mol. The Balaban J connectivity index is 2.27. The zero-order valence-electron chi connectivity index (χ0n) is 10.7. The van der Waals surface area contributed by atoms with Gasteiger partial charge >= 0.3 is 0 Å². The molecule has 0 amide bonds. The van der Waals surface area contributed by atoms with Crippen molar-refractivity contribution in [1.82, 2.24) is 0 Å². The summed E-state index contributed by atoms with van der Waals surface area (Å²) in [5.74, 6) is -0.213. The van der Waals surface area contributed by atoms with E-state index in [1.54, 1.807) is 18.2 Å². The van der Waals surface area contributed by atoms with E-state index in [2.05, 4.69) is 0 Å². The Labute approximate surface area is 132 Å². The first-order valence-corrected chi connectivity index (χ1v) is 7.05. The lowest BCUT2D eigenvalue weighted by Gasteiger charge is -2.04. The van der Waals surface area contributed by atoms with E-state index in [0.717, 1.165) is 11.1 Å². The molecule has 0 saturated carbocycles. The zero-order chi connectivity index (χ0) is 14.7. The monoisotopic (exact) mass is 324 g/mol. The molecule has 2 aromatic carbocycles. The zero-order valence-corrected chi connectivity index (χ0v) is 12.9. The van der Waals surface area contributed by atoms with Gasteiger partial charge in [-0.2, -0.15) is 0 Å². The summed E-state index contributed by atoms with van der Waals surface area (Å²) in [4.78, 5) is 12.1. The molecule has 0 atom stereocenters. The number of ketones is 1. The Kier molecular flexibility index (Phi) is 4.87. The van der Waals surface area contributed by atoms with Gasteiger partial charge in [0.15, 0.2) is 5.78 Å². The smallest absolute Gasteiger partial charge is 0.187 e. The van der Waals surface area contributed by atoms with Crippen LogP contribution in [0.4, 0.5) is 0 Å². The molecule has 2 aromatic rings. The SMILES string of the molecule is Cc1cccc(C=CC(=O)c2ccc(Cl)c(Cl)c2Cl)c1.